The number of para-hydroxylation sites is 1. The van der Waals surface area contributed by atoms with Crippen molar-refractivity contribution in [1.82, 2.24) is 4.90 Å². The third kappa shape index (κ3) is 3.40. The van der Waals surface area contributed by atoms with Crippen LogP contribution < -0.4 is 9.21 Å². The van der Waals surface area contributed by atoms with E-state index in [4.69, 9.17) is 0 Å². The number of sulfonamides is 1. The minimum atomic E-state index is -3.27. The number of hydrogen-bond acceptors (Lipinski definition) is 4. The van der Waals surface area contributed by atoms with Crippen molar-refractivity contribution in [3.05, 3.63) is 59.7 Å². The fourth-order valence-corrected chi connectivity index (χ4v) is 5.55. The second-order valence-electron chi connectivity index (χ2n) is 7.66. The van der Waals surface area contributed by atoms with Gasteiger partial charge in [-0.2, -0.15) is 0 Å². The summed E-state index contributed by atoms with van der Waals surface area (Å²) in [5.74, 6) is 0.0623. The highest BCUT2D eigenvalue weighted by Gasteiger charge is 2.32. The van der Waals surface area contributed by atoms with E-state index in [1.807, 2.05) is 37.2 Å². The zero-order valence-corrected chi connectivity index (χ0v) is 17.0. The van der Waals surface area contributed by atoms with Gasteiger partial charge in [-0.15, -0.1) is 0 Å². The van der Waals surface area contributed by atoms with E-state index in [1.54, 1.807) is 24.3 Å². The van der Waals surface area contributed by atoms with Gasteiger partial charge in [-0.3, -0.25) is 9.10 Å². The summed E-state index contributed by atoms with van der Waals surface area (Å²) >= 11 is 0. The third-order valence-corrected chi connectivity index (χ3v) is 7.46. The number of carbonyl (C=O) groups excluding carboxylic acids is 1. The number of amides is 1. The van der Waals surface area contributed by atoms with E-state index in [2.05, 4.69) is 11.0 Å². The van der Waals surface area contributed by atoms with Crippen molar-refractivity contribution >= 4 is 27.3 Å². The Balaban J connectivity index is 1.69. The van der Waals surface area contributed by atoms with E-state index < -0.39 is 10.0 Å². The molecular weight excluding hydrogens is 374 g/mol. The lowest BCUT2D eigenvalue weighted by Crippen LogP contribution is -2.48. The van der Waals surface area contributed by atoms with Crippen LogP contribution in [0.5, 0.6) is 0 Å². The van der Waals surface area contributed by atoms with Crippen LogP contribution in [-0.2, 0) is 16.4 Å². The molecule has 1 fully saturated rings. The van der Waals surface area contributed by atoms with Gasteiger partial charge < -0.3 is 9.80 Å². The number of hydrogen-bond donors (Lipinski definition) is 0. The summed E-state index contributed by atoms with van der Waals surface area (Å²) in [7, 11) is 0.781. The monoisotopic (exact) mass is 399 g/mol. The van der Waals surface area contributed by atoms with Crippen molar-refractivity contribution in [2.75, 3.05) is 42.1 Å². The highest BCUT2D eigenvalue weighted by molar-refractivity contribution is 7.93. The second kappa shape index (κ2) is 7.22. The van der Waals surface area contributed by atoms with Gasteiger partial charge in [0.25, 0.3) is 5.91 Å². The molecule has 0 aromatic heterocycles. The Morgan fingerprint density at radius 2 is 1.89 bits per heavy atom. The van der Waals surface area contributed by atoms with Crippen molar-refractivity contribution < 1.29 is 13.2 Å². The van der Waals surface area contributed by atoms with Crippen LogP contribution in [0.15, 0.2) is 48.5 Å². The first-order chi connectivity index (χ1) is 13.4. The zero-order valence-electron chi connectivity index (χ0n) is 16.2. The maximum absolute atomic E-state index is 13.4. The molecule has 1 amide bonds. The Bertz CT molecular complexity index is 1000. The molecule has 0 saturated carbocycles. The van der Waals surface area contributed by atoms with E-state index in [0.29, 0.717) is 30.8 Å². The number of carbonyl (C=O) groups is 1. The lowest BCUT2D eigenvalue weighted by atomic mass is 9.96. The van der Waals surface area contributed by atoms with Crippen molar-refractivity contribution in [2.45, 2.75) is 18.9 Å². The average Bonchev–Trinajstić information content (AvgIpc) is 3.05. The van der Waals surface area contributed by atoms with Crippen molar-refractivity contribution in [2.24, 2.45) is 0 Å². The largest absolute Gasteiger partial charge is 0.307 e. The zero-order chi connectivity index (χ0) is 19.9. The molecule has 6 nitrogen and oxygen atoms in total. The summed E-state index contributed by atoms with van der Waals surface area (Å²) in [6.07, 6.45) is 1.52. The molecule has 1 atom stereocenters. The fraction of sp³-hybridized carbons (Fsp3) is 0.381. The molecule has 4 rings (SSSR count). The molecule has 2 aliphatic heterocycles. The molecule has 2 aromatic rings. The maximum atomic E-state index is 13.4. The normalized spacial score (nSPS) is 21.0. The number of anilines is 2. The van der Waals surface area contributed by atoms with Crippen LogP contribution in [0, 0.1) is 0 Å². The van der Waals surface area contributed by atoms with E-state index in [1.165, 1.54) is 4.31 Å². The molecule has 1 unspecified atom stereocenters. The summed E-state index contributed by atoms with van der Waals surface area (Å²) < 4.78 is 25.9. The first-order valence-corrected chi connectivity index (χ1v) is 11.1. The first-order valence-electron chi connectivity index (χ1n) is 9.53. The molecule has 0 spiro atoms. The average molecular weight is 400 g/mol. The van der Waals surface area contributed by atoms with Gasteiger partial charge >= 0.3 is 0 Å². The molecule has 2 aromatic carbocycles. The van der Waals surface area contributed by atoms with Crippen LogP contribution in [-0.4, -0.2) is 58.2 Å². The lowest BCUT2D eigenvalue weighted by Gasteiger charge is -2.37. The SMILES string of the molecule is CN(C)C1Cc2ccccc2N(C(=O)c2cccc(N3CCCS3(=O)=O)c2)C1. The Kier molecular flexibility index (Phi) is 4.89. The maximum Gasteiger partial charge on any atom is 0.258 e. The summed E-state index contributed by atoms with van der Waals surface area (Å²) in [5, 5.41) is 0. The van der Waals surface area contributed by atoms with Gasteiger partial charge in [0.15, 0.2) is 0 Å². The molecule has 1 saturated heterocycles. The van der Waals surface area contributed by atoms with Crippen LogP contribution in [0.2, 0.25) is 0 Å². The van der Waals surface area contributed by atoms with Crippen LogP contribution in [0.4, 0.5) is 11.4 Å². The van der Waals surface area contributed by atoms with Gasteiger partial charge in [0.2, 0.25) is 10.0 Å². The third-order valence-electron chi connectivity index (χ3n) is 5.59. The highest BCUT2D eigenvalue weighted by atomic mass is 32.2. The molecular formula is C21H25N3O3S. The predicted molar refractivity (Wildman–Crippen MR) is 111 cm³/mol. The number of benzene rings is 2. The molecule has 0 radical (unpaired) electrons. The molecule has 0 N–H and O–H groups in total. The van der Waals surface area contributed by atoms with Gasteiger partial charge in [0, 0.05) is 30.4 Å². The predicted octanol–water partition coefficient (Wildman–Crippen LogP) is 2.36. The second-order valence-corrected chi connectivity index (χ2v) is 9.67. The standard InChI is InChI=1S/C21H25N3O3S/c1-22(2)19-13-16-7-3-4-10-20(16)23(15-19)21(25)17-8-5-9-18(14-17)24-11-6-12-28(24,26)27/h3-5,7-10,14,19H,6,11-13,15H2,1-2H3. The first kappa shape index (κ1) is 19.0. The van der Waals surface area contributed by atoms with E-state index in [0.717, 1.165) is 17.7 Å². The summed E-state index contributed by atoms with van der Waals surface area (Å²) in [5.41, 5.74) is 3.16. The van der Waals surface area contributed by atoms with Gasteiger partial charge in [0.1, 0.15) is 0 Å². The van der Waals surface area contributed by atoms with Crippen molar-refractivity contribution in [3.63, 3.8) is 0 Å². The molecule has 28 heavy (non-hydrogen) atoms. The summed E-state index contributed by atoms with van der Waals surface area (Å²) in [4.78, 5) is 17.4. The minimum absolute atomic E-state index is 0.0996. The summed E-state index contributed by atoms with van der Waals surface area (Å²) in [6.45, 7) is 1.07. The molecule has 148 valence electrons. The van der Waals surface area contributed by atoms with E-state index >= 15 is 0 Å². The minimum Gasteiger partial charge on any atom is -0.307 e. The lowest BCUT2D eigenvalue weighted by molar-refractivity contribution is 0.0976. The van der Waals surface area contributed by atoms with Crippen LogP contribution in [0.3, 0.4) is 0 Å². The molecule has 7 heteroatoms. The molecule has 0 bridgehead atoms. The van der Waals surface area contributed by atoms with Crippen molar-refractivity contribution in [1.29, 1.82) is 0 Å². The van der Waals surface area contributed by atoms with Gasteiger partial charge in [-0.25, -0.2) is 8.42 Å². The topological polar surface area (TPSA) is 60.9 Å². The van der Waals surface area contributed by atoms with E-state index in [-0.39, 0.29) is 17.7 Å². The summed E-state index contributed by atoms with van der Waals surface area (Å²) in [6, 6.07) is 15.2. The number of nitrogens with zero attached hydrogens (tertiary/aromatic N) is 3. The Morgan fingerprint density at radius 1 is 1.11 bits per heavy atom. The Hall–Kier alpha value is -2.38. The number of likely N-dealkylation sites (N-methyl/N-ethyl adjacent to an activating group) is 1. The van der Waals surface area contributed by atoms with Gasteiger partial charge in [-0.1, -0.05) is 24.3 Å². The molecule has 0 aliphatic carbocycles. The van der Waals surface area contributed by atoms with E-state index in [9.17, 15) is 13.2 Å². The highest BCUT2D eigenvalue weighted by Crippen LogP contribution is 2.31. The smallest absolute Gasteiger partial charge is 0.258 e. The van der Waals surface area contributed by atoms with Gasteiger partial charge in [-0.05, 0) is 56.8 Å². The van der Waals surface area contributed by atoms with Crippen LogP contribution >= 0.6 is 0 Å². The Labute approximate surface area is 166 Å². The molecule has 2 heterocycles. The van der Waals surface area contributed by atoms with Crippen LogP contribution in [0.25, 0.3) is 0 Å². The number of fused-ring (bicyclic) bond motifs is 1. The van der Waals surface area contributed by atoms with Gasteiger partial charge in [0.05, 0.1) is 11.4 Å². The Morgan fingerprint density at radius 3 is 2.61 bits per heavy atom. The molecule has 2 aliphatic rings. The van der Waals surface area contributed by atoms with Crippen molar-refractivity contribution in [3.8, 4) is 0 Å². The fourth-order valence-electron chi connectivity index (χ4n) is 3.99. The van der Waals surface area contributed by atoms with Crippen LogP contribution in [0.1, 0.15) is 22.3 Å². The number of rotatable bonds is 3. The quantitative estimate of drug-likeness (QED) is 0.795.